The number of nitrogens with one attached hydrogen (secondary N) is 2. The molecule has 2 aromatic rings. The van der Waals surface area contributed by atoms with Crippen molar-refractivity contribution in [2.45, 2.75) is 18.9 Å². The Morgan fingerprint density at radius 3 is 3.15 bits per heavy atom. The van der Waals surface area contributed by atoms with Gasteiger partial charge >= 0.3 is 0 Å². The van der Waals surface area contributed by atoms with Crippen molar-refractivity contribution in [3.63, 3.8) is 0 Å². The fourth-order valence-corrected chi connectivity index (χ4v) is 3.36. The van der Waals surface area contributed by atoms with Crippen molar-refractivity contribution in [1.29, 1.82) is 0 Å². The van der Waals surface area contributed by atoms with E-state index < -0.39 is 0 Å². The van der Waals surface area contributed by atoms with Crippen molar-refractivity contribution in [2.24, 2.45) is 0 Å². The number of anilines is 2. The van der Waals surface area contributed by atoms with Gasteiger partial charge in [0.25, 0.3) is 0 Å². The SMILES string of the molecule is CNc1nc(N2CCN3CCCC3C2)c2cn[nH]c2n1. The molecule has 0 amide bonds. The van der Waals surface area contributed by atoms with Gasteiger partial charge in [0.15, 0.2) is 5.65 Å². The molecule has 2 fully saturated rings. The van der Waals surface area contributed by atoms with Gasteiger partial charge in [-0.2, -0.15) is 15.1 Å². The van der Waals surface area contributed by atoms with E-state index in [-0.39, 0.29) is 0 Å². The van der Waals surface area contributed by atoms with Crippen LogP contribution < -0.4 is 10.2 Å². The number of aromatic amines is 1. The molecule has 2 aromatic heterocycles. The molecule has 0 saturated carbocycles. The van der Waals surface area contributed by atoms with Gasteiger partial charge < -0.3 is 10.2 Å². The van der Waals surface area contributed by atoms with Gasteiger partial charge in [-0.25, -0.2) is 0 Å². The van der Waals surface area contributed by atoms with Crippen LogP contribution in [-0.2, 0) is 0 Å². The lowest BCUT2D eigenvalue weighted by Crippen LogP contribution is -2.50. The molecule has 0 radical (unpaired) electrons. The molecule has 2 aliphatic rings. The van der Waals surface area contributed by atoms with Gasteiger partial charge in [0, 0.05) is 32.7 Å². The third-order valence-corrected chi connectivity index (χ3v) is 4.40. The minimum atomic E-state index is 0.644. The van der Waals surface area contributed by atoms with Crippen LogP contribution in [0, 0.1) is 0 Å². The molecule has 7 nitrogen and oxygen atoms in total. The molecule has 0 bridgehead atoms. The summed E-state index contributed by atoms with van der Waals surface area (Å²) in [5, 5.41) is 11.1. The van der Waals surface area contributed by atoms with E-state index in [9.17, 15) is 0 Å². The Labute approximate surface area is 117 Å². The standard InChI is InChI=1S/C13H19N7/c1-14-13-16-11-10(7-15-18-11)12(17-13)20-6-5-19-4-2-3-9(19)8-20/h7,9H,2-6,8H2,1H3,(H2,14,15,16,17,18). The van der Waals surface area contributed by atoms with Crippen molar-refractivity contribution < 1.29 is 0 Å². The molecule has 0 aliphatic carbocycles. The Balaban J connectivity index is 1.72. The molecule has 2 aliphatic heterocycles. The fourth-order valence-electron chi connectivity index (χ4n) is 3.36. The zero-order chi connectivity index (χ0) is 13.5. The first kappa shape index (κ1) is 11.9. The predicted octanol–water partition coefficient (Wildman–Crippen LogP) is 0.679. The van der Waals surface area contributed by atoms with Gasteiger partial charge in [0.05, 0.1) is 11.6 Å². The van der Waals surface area contributed by atoms with Crippen molar-refractivity contribution in [3.05, 3.63) is 6.20 Å². The number of hydrogen-bond acceptors (Lipinski definition) is 6. The van der Waals surface area contributed by atoms with E-state index in [4.69, 9.17) is 0 Å². The number of H-pyrrole nitrogens is 1. The Kier molecular flexibility index (Phi) is 2.73. The average molecular weight is 273 g/mol. The highest BCUT2D eigenvalue weighted by Crippen LogP contribution is 2.28. The predicted molar refractivity (Wildman–Crippen MR) is 78.0 cm³/mol. The molecule has 4 heterocycles. The maximum Gasteiger partial charge on any atom is 0.226 e. The van der Waals surface area contributed by atoms with E-state index in [1.54, 1.807) is 0 Å². The normalized spacial score (nSPS) is 23.2. The zero-order valence-corrected chi connectivity index (χ0v) is 11.6. The number of fused-ring (bicyclic) bond motifs is 2. The summed E-state index contributed by atoms with van der Waals surface area (Å²) in [5.74, 6) is 1.64. The van der Waals surface area contributed by atoms with Crippen molar-refractivity contribution >= 4 is 22.8 Å². The second-order valence-electron chi connectivity index (χ2n) is 5.53. The third-order valence-electron chi connectivity index (χ3n) is 4.40. The highest BCUT2D eigenvalue weighted by molar-refractivity contribution is 5.87. The largest absolute Gasteiger partial charge is 0.357 e. The lowest BCUT2D eigenvalue weighted by atomic mass is 10.1. The number of piperazine rings is 1. The molecule has 1 atom stereocenters. The minimum Gasteiger partial charge on any atom is -0.357 e. The van der Waals surface area contributed by atoms with Crippen molar-refractivity contribution in [2.75, 3.05) is 43.4 Å². The van der Waals surface area contributed by atoms with Crippen molar-refractivity contribution in [1.82, 2.24) is 25.1 Å². The van der Waals surface area contributed by atoms with Crippen LogP contribution in [0.1, 0.15) is 12.8 Å². The molecular formula is C13H19N7. The molecule has 1 unspecified atom stereocenters. The van der Waals surface area contributed by atoms with Gasteiger partial charge in [0.1, 0.15) is 5.82 Å². The summed E-state index contributed by atoms with van der Waals surface area (Å²) >= 11 is 0. The van der Waals surface area contributed by atoms with Crippen LogP contribution in [0.2, 0.25) is 0 Å². The fraction of sp³-hybridized carbons (Fsp3) is 0.615. The second-order valence-corrected chi connectivity index (χ2v) is 5.53. The summed E-state index contributed by atoms with van der Waals surface area (Å²) in [6, 6.07) is 0.679. The quantitative estimate of drug-likeness (QED) is 0.838. The summed E-state index contributed by atoms with van der Waals surface area (Å²) in [4.78, 5) is 14.0. The van der Waals surface area contributed by atoms with Gasteiger partial charge in [-0.15, -0.1) is 0 Å². The van der Waals surface area contributed by atoms with Crippen LogP contribution in [0.15, 0.2) is 6.20 Å². The highest BCUT2D eigenvalue weighted by Gasteiger charge is 2.31. The smallest absolute Gasteiger partial charge is 0.226 e. The van der Waals surface area contributed by atoms with Crippen LogP contribution in [-0.4, -0.2) is 64.3 Å². The summed E-state index contributed by atoms with van der Waals surface area (Å²) in [6.45, 7) is 4.46. The lowest BCUT2D eigenvalue weighted by molar-refractivity contribution is 0.230. The monoisotopic (exact) mass is 273 g/mol. The van der Waals surface area contributed by atoms with E-state index in [2.05, 4.69) is 35.3 Å². The molecule has 106 valence electrons. The van der Waals surface area contributed by atoms with E-state index in [1.165, 1.54) is 19.4 Å². The number of hydrogen-bond donors (Lipinski definition) is 2. The van der Waals surface area contributed by atoms with Crippen LogP contribution in [0.25, 0.3) is 11.0 Å². The molecule has 0 spiro atoms. The summed E-state index contributed by atoms with van der Waals surface area (Å²) < 4.78 is 0. The van der Waals surface area contributed by atoms with E-state index in [1.807, 2.05) is 13.2 Å². The summed E-state index contributed by atoms with van der Waals surface area (Å²) in [5.41, 5.74) is 0.799. The Morgan fingerprint density at radius 2 is 2.25 bits per heavy atom. The minimum absolute atomic E-state index is 0.644. The van der Waals surface area contributed by atoms with Crippen LogP contribution >= 0.6 is 0 Å². The lowest BCUT2D eigenvalue weighted by Gasteiger charge is -2.38. The Hall–Kier alpha value is -1.89. The number of nitrogens with zero attached hydrogens (tertiary/aromatic N) is 5. The summed E-state index contributed by atoms with van der Waals surface area (Å²) in [6.07, 6.45) is 4.45. The molecular weight excluding hydrogens is 254 g/mol. The number of aromatic nitrogens is 4. The third kappa shape index (κ3) is 1.81. The van der Waals surface area contributed by atoms with Crippen molar-refractivity contribution in [3.8, 4) is 0 Å². The topological polar surface area (TPSA) is 73.0 Å². The summed E-state index contributed by atoms with van der Waals surface area (Å²) in [7, 11) is 1.84. The van der Waals surface area contributed by atoms with Gasteiger partial charge in [-0.05, 0) is 19.4 Å². The molecule has 2 saturated heterocycles. The number of rotatable bonds is 2. The highest BCUT2D eigenvalue weighted by atomic mass is 15.3. The average Bonchev–Trinajstić information content (AvgIpc) is 3.13. The van der Waals surface area contributed by atoms with E-state index >= 15 is 0 Å². The molecule has 4 rings (SSSR count). The maximum absolute atomic E-state index is 4.65. The molecule has 2 N–H and O–H groups in total. The van der Waals surface area contributed by atoms with Gasteiger partial charge in [-0.1, -0.05) is 0 Å². The van der Waals surface area contributed by atoms with Gasteiger partial charge in [-0.3, -0.25) is 10.00 Å². The molecule has 0 aromatic carbocycles. The Morgan fingerprint density at radius 1 is 1.30 bits per heavy atom. The Bertz CT molecular complexity index is 622. The first-order valence-corrected chi connectivity index (χ1v) is 7.23. The van der Waals surface area contributed by atoms with Crippen LogP contribution in [0.3, 0.4) is 0 Å². The van der Waals surface area contributed by atoms with E-state index in [0.29, 0.717) is 12.0 Å². The molecule has 20 heavy (non-hydrogen) atoms. The first-order chi connectivity index (χ1) is 9.85. The van der Waals surface area contributed by atoms with Gasteiger partial charge in [0.2, 0.25) is 5.95 Å². The zero-order valence-electron chi connectivity index (χ0n) is 11.6. The molecule has 7 heteroatoms. The van der Waals surface area contributed by atoms with Crippen LogP contribution in [0.4, 0.5) is 11.8 Å². The van der Waals surface area contributed by atoms with E-state index in [0.717, 1.165) is 36.5 Å². The maximum atomic E-state index is 4.65. The second kappa shape index (κ2) is 4.59. The first-order valence-electron chi connectivity index (χ1n) is 7.23. The van der Waals surface area contributed by atoms with Crippen LogP contribution in [0.5, 0.6) is 0 Å².